The van der Waals surface area contributed by atoms with Crippen LogP contribution in [0.2, 0.25) is 0 Å². The lowest BCUT2D eigenvalue weighted by Crippen LogP contribution is -2.47. The summed E-state index contributed by atoms with van der Waals surface area (Å²) in [7, 11) is 0. The molecule has 26 heavy (non-hydrogen) atoms. The molecule has 4 heterocycles. The van der Waals surface area contributed by atoms with Crippen LogP contribution in [0.4, 0.5) is 11.9 Å². The first-order valence-corrected chi connectivity index (χ1v) is 8.34. The van der Waals surface area contributed by atoms with Crippen LogP contribution in [0.25, 0.3) is 6.08 Å². The van der Waals surface area contributed by atoms with Crippen LogP contribution in [-0.4, -0.2) is 57.8 Å². The Kier molecular flexibility index (Phi) is 4.26. The van der Waals surface area contributed by atoms with E-state index in [0.717, 1.165) is 32.1 Å². The number of hydrogen-bond acceptors (Lipinski definition) is 8. The number of hydrogen-bond donors (Lipinski definition) is 1. The highest BCUT2D eigenvalue weighted by molar-refractivity contribution is 6.16. The average Bonchev–Trinajstić information content (AvgIpc) is 3.00. The number of amides is 1. The summed E-state index contributed by atoms with van der Waals surface area (Å²) in [5.74, 6) is 0.827. The van der Waals surface area contributed by atoms with Gasteiger partial charge in [0.2, 0.25) is 17.8 Å². The summed E-state index contributed by atoms with van der Waals surface area (Å²) < 4.78 is 0. The van der Waals surface area contributed by atoms with Gasteiger partial charge in [-0.05, 0) is 18.2 Å². The number of nitrogens with zero attached hydrogens (tertiary/aromatic N) is 6. The minimum Gasteiger partial charge on any atom is -0.337 e. The summed E-state index contributed by atoms with van der Waals surface area (Å²) in [6.07, 6.45) is 6.61. The van der Waals surface area contributed by atoms with Crippen LogP contribution in [0.1, 0.15) is 12.1 Å². The zero-order chi connectivity index (χ0) is 17.9. The lowest BCUT2D eigenvalue weighted by Gasteiger charge is -2.34. The number of carbonyl (C=O) groups excluding carboxylic acids is 2. The van der Waals surface area contributed by atoms with Gasteiger partial charge >= 0.3 is 0 Å². The number of nitrogens with one attached hydrogen (secondary N) is 1. The Morgan fingerprint density at radius 1 is 0.923 bits per heavy atom. The molecule has 0 bridgehead atoms. The number of carbonyl (C=O) groups is 2. The van der Waals surface area contributed by atoms with E-state index in [2.05, 4.69) is 35.1 Å². The summed E-state index contributed by atoms with van der Waals surface area (Å²) in [5.41, 5.74) is 0.875. The van der Waals surface area contributed by atoms with Gasteiger partial charge in [-0.15, -0.1) is 0 Å². The van der Waals surface area contributed by atoms with Gasteiger partial charge in [0.15, 0.2) is 5.78 Å². The SMILES string of the molecule is O=C1CC(=O)/C(=C/c2ccnc(N3CCN(c4ncccn4)CC3)n2)N1. The van der Waals surface area contributed by atoms with Gasteiger partial charge in [-0.2, -0.15) is 0 Å². The monoisotopic (exact) mass is 351 g/mol. The quantitative estimate of drug-likeness (QED) is 0.610. The van der Waals surface area contributed by atoms with Gasteiger partial charge < -0.3 is 15.1 Å². The Hall–Kier alpha value is -3.36. The van der Waals surface area contributed by atoms with Crippen molar-refractivity contribution in [1.29, 1.82) is 0 Å². The number of piperazine rings is 1. The maximum Gasteiger partial charge on any atom is 0.232 e. The van der Waals surface area contributed by atoms with Gasteiger partial charge in [0.25, 0.3) is 0 Å². The van der Waals surface area contributed by atoms with Crippen molar-refractivity contribution in [1.82, 2.24) is 25.3 Å². The first-order chi connectivity index (χ1) is 12.7. The molecule has 2 aromatic rings. The van der Waals surface area contributed by atoms with Crippen LogP contribution in [0.5, 0.6) is 0 Å². The van der Waals surface area contributed by atoms with Crippen molar-refractivity contribution >= 4 is 29.7 Å². The highest BCUT2D eigenvalue weighted by Crippen LogP contribution is 2.16. The third-order valence-corrected chi connectivity index (χ3v) is 4.25. The molecule has 2 aliphatic heterocycles. The molecule has 0 radical (unpaired) electrons. The molecule has 0 unspecified atom stereocenters. The van der Waals surface area contributed by atoms with E-state index in [0.29, 0.717) is 11.6 Å². The maximum absolute atomic E-state index is 11.7. The summed E-state index contributed by atoms with van der Waals surface area (Å²) >= 11 is 0. The fourth-order valence-corrected chi connectivity index (χ4v) is 2.93. The van der Waals surface area contributed by atoms with Crippen molar-refractivity contribution in [2.75, 3.05) is 36.0 Å². The van der Waals surface area contributed by atoms with Crippen molar-refractivity contribution in [2.24, 2.45) is 0 Å². The third-order valence-electron chi connectivity index (χ3n) is 4.25. The van der Waals surface area contributed by atoms with E-state index < -0.39 is 0 Å². The zero-order valence-corrected chi connectivity index (χ0v) is 14.0. The van der Waals surface area contributed by atoms with Crippen molar-refractivity contribution in [3.63, 3.8) is 0 Å². The first kappa shape index (κ1) is 16.1. The highest BCUT2D eigenvalue weighted by atomic mass is 16.2. The van der Waals surface area contributed by atoms with Crippen molar-refractivity contribution < 1.29 is 9.59 Å². The van der Waals surface area contributed by atoms with Crippen LogP contribution in [0.15, 0.2) is 36.4 Å². The molecule has 0 saturated carbocycles. The van der Waals surface area contributed by atoms with E-state index in [1.165, 1.54) is 0 Å². The normalized spacial score (nSPS) is 19.2. The topological polar surface area (TPSA) is 104 Å². The smallest absolute Gasteiger partial charge is 0.232 e. The van der Waals surface area contributed by atoms with E-state index in [9.17, 15) is 9.59 Å². The number of allylic oxidation sites excluding steroid dienone is 1. The molecule has 0 atom stereocenters. The van der Waals surface area contributed by atoms with Gasteiger partial charge in [-0.25, -0.2) is 19.9 Å². The molecule has 9 nitrogen and oxygen atoms in total. The van der Waals surface area contributed by atoms with Gasteiger partial charge in [0.05, 0.1) is 17.8 Å². The Morgan fingerprint density at radius 3 is 2.23 bits per heavy atom. The summed E-state index contributed by atoms with van der Waals surface area (Å²) in [5, 5.41) is 2.55. The van der Waals surface area contributed by atoms with Crippen LogP contribution in [0, 0.1) is 0 Å². The van der Waals surface area contributed by atoms with Gasteiger partial charge in [-0.3, -0.25) is 9.59 Å². The van der Waals surface area contributed by atoms with Crippen LogP contribution in [0.3, 0.4) is 0 Å². The molecule has 2 aliphatic rings. The second-order valence-electron chi connectivity index (χ2n) is 6.01. The molecular weight excluding hydrogens is 334 g/mol. The van der Waals surface area contributed by atoms with Crippen molar-refractivity contribution in [3.05, 3.63) is 42.1 Å². The van der Waals surface area contributed by atoms with Crippen LogP contribution < -0.4 is 15.1 Å². The standard InChI is InChI=1S/C17H17N7O2/c25-14-11-15(26)22-13(14)10-12-2-5-20-17(21-12)24-8-6-23(7-9-24)16-18-3-1-4-19-16/h1-5,10H,6-9,11H2,(H,22,26)/b13-10-. The fourth-order valence-electron chi connectivity index (χ4n) is 2.93. The Bertz CT molecular complexity index is 860. The van der Waals surface area contributed by atoms with Gasteiger partial charge in [-0.1, -0.05) is 0 Å². The minimum absolute atomic E-state index is 0.104. The average molecular weight is 351 g/mol. The van der Waals surface area contributed by atoms with E-state index in [-0.39, 0.29) is 23.8 Å². The largest absolute Gasteiger partial charge is 0.337 e. The molecule has 4 rings (SSSR count). The summed E-state index contributed by atoms with van der Waals surface area (Å²) in [6.45, 7) is 3.03. The lowest BCUT2D eigenvalue weighted by atomic mass is 10.2. The van der Waals surface area contributed by atoms with E-state index in [4.69, 9.17) is 0 Å². The van der Waals surface area contributed by atoms with E-state index in [1.54, 1.807) is 36.8 Å². The third kappa shape index (κ3) is 3.37. The molecule has 9 heteroatoms. The molecule has 132 valence electrons. The van der Waals surface area contributed by atoms with E-state index in [1.807, 2.05) is 0 Å². The zero-order valence-electron chi connectivity index (χ0n) is 14.0. The molecule has 2 saturated heterocycles. The van der Waals surface area contributed by atoms with Gasteiger partial charge in [0.1, 0.15) is 0 Å². The summed E-state index contributed by atoms with van der Waals surface area (Å²) in [4.78, 5) is 44.6. The van der Waals surface area contributed by atoms with Crippen molar-refractivity contribution in [3.8, 4) is 0 Å². The van der Waals surface area contributed by atoms with E-state index >= 15 is 0 Å². The number of anilines is 2. The Morgan fingerprint density at radius 2 is 1.58 bits per heavy atom. The van der Waals surface area contributed by atoms with Crippen molar-refractivity contribution in [2.45, 2.75) is 6.42 Å². The molecule has 1 N–H and O–H groups in total. The number of Topliss-reactive ketones (excluding diaryl/α,β-unsaturated/α-hetero) is 1. The maximum atomic E-state index is 11.7. The number of aromatic nitrogens is 4. The fraction of sp³-hybridized carbons (Fsp3) is 0.294. The lowest BCUT2D eigenvalue weighted by molar-refractivity contribution is -0.121. The predicted octanol–water partition coefficient (Wildman–Crippen LogP) is 0.0231. The molecule has 0 spiro atoms. The predicted molar refractivity (Wildman–Crippen MR) is 94.2 cm³/mol. The number of ketones is 1. The van der Waals surface area contributed by atoms with Gasteiger partial charge in [0, 0.05) is 44.8 Å². The molecule has 0 aliphatic carbocycles. The summed E-state index contributed by atoms with van der Waals surface area (Å²) in [6, 6.07) is 3.51. The van der Waals surface area contributed by atoms with Crippen LogP contribution >= 0.6 is 0 Å². The first-order valence-electron chi connectivity index (χ1n) is 8.34. The molecule has 2 aromatic heterocycles. The Balaban J connectivity index is 1.45. The molecule has 2 fully saturated rings. The molecule has 0 aromatic carbocycles. The molecule has 1 amide bonds. The molecular formula is C17H17N7O2. The Labute approximate surface area is 149 Å². The number of rotatable bonds is 3. The second kappa shape index (κ2) is 6.87. The van der Waals surface area contributed by atoms with Crippen LogP contribution in [-0.2, 0) is 9.59 Å². The second-order valence-corrected chi connectivity index (χ2v) is 6.01. The minimum atomic E-state index is -0.283. The highest BCUT2D eigenvalue weighted by Gasteiger charge is 2.24.